The highest BCUT2D eigenvalue weighted by molar-refractivity contribution is 9.11. The summed E-state index contributed by atoms with van der Waals surface area (Å²) in [5.74, 6) is 0.221. The van der Waals surface area contributed by atoms with Crippen molar-refractivity contribution in [2.45, 2.75) is 58.8 Å². The largest absolute Gasteiger partial charge is 0.300 e. The lowest BCUT2D eigenvalue weighted by Gasteiger charge is -1.98. The maximum Gasteiger partial charge on any atom is 0.134 e. The van der Waals surface area contributed by atoms with Crippen molar-refractivity contribution in [1.29, 1.82) is 0 Å². The van der Waals surface area contributed by atoms with E-state index < -0.39 is 0 Å². The Kier molecular flexibility index (Phi) is 9.37. The molecule has 1 nitrogen and oxygen atoms in total. The molecule has 0 aromatic carbocycles. The van der Waals surface area contributed by atoms with Gasteiger partial charge in [-0.1, -0.05) is 54.6 Å². The lowest BCUT2D eigenvalue weighted by atomic mass is 10.1. The standard InChI is InChI=1S/C12H21BrO/c1-3-4-5-6-7-8-9-12(13)10-11(2)14/h9H,3-8,10H2,1-2H3/b12-9+. The molecule has 0 fully saturated rings. The third-order valence-corrected chi connectivity index (χ3v) is 2.70. The normalized spacial score (nSPS) is 11.8. The van der Waals surface area contributed by atoms with Crippen molar-refractivity contribution < 1.29 is 4.79 Å². The van der Waals surface area contributed by atoms with E-state index >= 15 is 0 Å². The van der Waals surface area contributed by atoms with Gasteiger partial charge < -0.3 is 0 Å². The smallest absolute Gasteiger partial charge is 0.134 e. The van der Waals surface area contributed by atoms with Crippen LogP contribution in [0.1, 0.15) is 58.8 Å². The highest BCUT2D eigenvalue weighted by Crippen LogP contribution is 2.14. The van der Waals surface area contributed by atoms with Crippen LogP contribution in [0.2, 0.25) is 0 Å². The molecule has 0 spiro atoms. The van der Waals surface area contributed by atoms with Crippen LogP contribution in [0.15, 0.2) is 10.6 Å². The summed E-state index contributed by atoms with van der Waals surface area (Å²) in [6.07, 6.45) is 10.3. The second-order valence-corrected chi connectivity index (χ2v) is 4.75. The van der Waals surface area contributed by atoms with E-state index in [0.29, 0.717) is 6.42 Å². The molecule has 2 heteroatoms. The van der Waals surface area contributed by atoms with Crippen LogP contribution in [0.25, 0.3) is 0 Å². The summed E-state index contributed by atoms with van der Waals surface area (Å²) in [4.78, 5) is 10.8. The number of allylic oxidation sites excluding steroid dienone is 2. The topological polar surface area (TPSA) is 17.1 Å². The van der Waals surface area contributed by atoms with Crippen molar-refractivity contribution in [1.82, 2.24) is 0 Å². The molecule has 82 valence electrons. The van der Waals surface area contributed by atoms with E-state index in [2.05, 4.69) is 28.9 Å². The molecule has 0 radical (unpaired) electrons. The van der Waals surface area contributed by atoms with E-state index in [9.17, 15) is 4.79 Å². The minimum atomic E-state index is 0.221. The summed E-state index contributed by atoms with van der Waals surface area (Å²) in [6, 6.07) is 0. The summed E-state index contributed by atoms with van der Waals surface area (Å²) in [7, 11) is 0. The molecule has 0 saturated heterocycles. The molecular weight excluding hydrogens is 240 g/mol. The van der Waals surface area contributed by atoms with Crippen molar-refractivity contribution in [3.8, 4) is 0 Å². The molecule has 0 rings (SSSR count). The number of unbranched alkanes of at least 4 members (excludes halogenated alkanes) is 5. The van der Waals surface area contributed by atoms with Gasteiger partial charge in [0.2, 0.25) is 0 Å². The fourth-order valence-corrected chi connectivity index (χ4v) is 1.94. The Morgan fingerprint density at radius 3 is 2.43 bits per heavy atom. The Labute approximate surface area is 96.1 Å². The zero-order valence-corrected chi connectivity index (χ0v) is 10.9. The number of Topliss-reactive ketones (excluding diaryl/α,β-unsaturated/α-hetero) is 1. The molecule has 14 heavy (non-hydrogen) atoms. The maximum absolute atomic E-state index is 10.8. The average molecular weight is 261 g/mol. The van der Waals surface area contributed by atoms with Crippen molar-refractivity contribution in [3.05, 3.63) is 10.6 Å². The molecule has 0 aliphatic carbocycles. The first-order valence-corrected chi connectivity index (χ1v) is 6.30. The maximum atomic E-state index is 10.8. The Balaban J connectivity index is 3.36. The van der Waals surface area contributed by atoms with Gasteiger partial charge >= 0.3 is 0 Å². The SMILES string of the molecule is CCCCCCC/C=C(/Br)CC(C)=O. The van der Waals surface area contributed by atoms with Gasteiger partial charge in [0.25, 0.3) is 0 Å². The summed E-state index contributed by atoms with van der Waals surface area (Å²) in [6.45, 7) is 3.85. The molecule has 0 bridgehead atoms. The van der Waals surface area contributed by atoms with Crippen molar-refractivity contribution >= 4 is 21.7 Å². The van der Waals surface area contributed by atoms with Crippen molar-refractivity contribution in [3.63, 3.8) is 0 Å². The van der Waals surface area contributed by atoms with Gasteiger partial charge in [-0.25, -0.2) is 0 Å². The van der Waals surface area contributed by atoms with Crippen LogP contribution in [-0.2, 0) is 4.79 Å². The molecule has 0 aliphatic rings. The van der Waals surface area contributed by atoms with Gasteiger partial charge in [0.15, 0.2) is 0 Å². The Hall–Kier alpha value is -0.110. The lowest BCUT2D eigenvalue weighted by molar-refractivity contribution is -0.116. The first kappa shape index (κ1) is 13.9. The van der Waals surface area contributed by atoms with Gasteiger partial charge in [0.1, 0.15) is 5.78 Å². The third-order valence-electron chi connectivity index (χ3n) is 2.09. The van der Waals surface area contributed by atoms with Crippen LogP contribution in [0.3, 0.4) is 0 Å². The van der Waals surface area contributed by atoms with Crippen LogP contribution >= 0.6 is 15.9 Å². The molecule has 0 atom stereocenters. The first-order chi connectivity index (χ1) is 6.66. The van der Waals surface area contributed by atoms with E-state index in [1.165, 1.54) is 32.1 Å². The lowest BCUT2D eigenvalue weighted by Crippen LogP contribution is -1.88. The van der Waals surface area contributed by atoms with Gasteiger partial charge in [0.05, 0.1) is 0 Å². The fraction of sp³-hybridized carbons (Fsp3) is 0.750. The fourth-order valence-electron chi connectivity index (χ4n) is 1.32. The number of hydrogen-bond donors (Lipinski definition) is 0. The highest BCUT2D eigenvalue weighted by atomic mass is 79.9. The second kappa shape index (κ2) is 9.45. The van der Waals surface area contributed by atoms with E-state index in [1.807, 2.05) is 0 Å². The number of hydrogen-bond acceptors (Lipinski definition) is 1. The summed E-state index contributed by atoms with van der Waals surface area (Å²) in [5.41, 5.74) is 0. The van der Waals surface area contributed by atoms with Crippen LogP contribution in [0, 0.1) is 0 Å². The van der Waals surface area contributed by atoms with Gasteiger partial charge in [-0.2, -0.15) is 0 Å². The minimum absolute atomic E-state index is 0.221. The van der Waals surface area contributed by atoms with Gasteiger partial charge in [-0.3, -0.25) is 4.79 Å². The number of halogens is 1. The first-order valence-electron chi connectivity index (χ1n) is 5.50. The van der Waals surface area contributed by atoms with Crippen LogP contribution in [0.5, 0.6) is 0 Å². The molecule has 0 unspecified atom stereocenters. The molecule has 0 aromatic rings. The van der Waals surface area contributed by atoms with Crippen LogP contribution in [0.4, 0.5) is 0 Å². The zero-order valence-electron chi connectivity index (χ0n) is 9.31. The zero-order chi connectivity index (χ0) is 10.8. The summed E-state index contributed by atoms with van der Waals surface area (Å²) in [5, 5.41) is 0. The van der Waals surface area contributed by atoms with Gasteiger partial charge in [0, 0.05) is 6.42 Å². The summed E-state index contributed by atoms with van der Waals surface area (Å²) < 4.78 is 1.04. The quantitative estimate of drug-likeness (QED) is 0.583. The predicted molar refractivity (Wildman–Crippen MR) is 65.7 cm³/mol. The van der Waals surface area contributed by atoms with E-state index in [0.717, 1.165) is 10.9 Å². The van der Waals surface area contributed by atoms with Crippen molar-refractivity contribution in [2.75, 3.05) is 0 Å². The molecular formula is C12H21BrO. The number of carbonyl (C=O) groups is 1. The second-order valence-electron chi connectivity index (χ2n) is 3.73. The van der Waals surface area contributed by atoms with Crippen LogP contribution in [-0.4, -0.2) is 5.78 Å². The van der Waals surface area contributed by atoms with E-state index in [-0.39, 0.29) is 5.78 Å². The number of ketones is 1. The van der Waals surface area contributed by atoms with Crippen LogP contribution < -0.4 is 0 Å². The number of rotatable bonds is 8. The molecule has 0 N–H and O–H groups in total. The molecule has 0 amide bonds. The third kappa shape index (κ3) is 9.97. The van der Waals surface area contributed by atoms with E-state index in [1.54, 1.807) is 6.92 Å². The molecule has 0 heterocycles. The van der Waals surface area contributed by atoms with E-state index in [4.69, 9.17) is 0 Å². The predicted octanol–water partition coefficient (Wildman–Crippen LogP) is 4.60. The Bertz CT molecular complexity index is 185. The number of carbonyl (C=O) groups excluding carboxylic acids is 1. The minimum Gasteiger partial charge on any atom is -0.300 e. The van der Waals surface area contributed by atoms with Gasteiger partial charge in [-0.05, 0) is 24.2 Å². The monoisotopic (exact) mass is 260 g/mol. The molecule has 0 saturated carbocycles. The Morgan fingerprint density at radius 2 is 1.86 bits per heavy atom. The summed E-state index contributed by atoms with van der Waals surface area (Å²) >= 11 is 3.40. The highest BCUT2D eigenvalue weighted by Gasteiger charge is 1.96. The average Bonchev–Trinajstić information content (AvgIpc) is 2.10. The van der Waals surface area contributed by atoms with Crippen molar-refractivity contribution in [2.24, 2.45) is 0 Å². The molecule has 0 aromatic heterocycles. The van der Waals surface area contributed by atoms with Gasteiger partial charge in [-0.15, -0.1) is 0 Å². The molecule has 0 aliphatic heterocycles. The Morgan fingerprint density at radius 1 is 1.21 bits per heavy atom.